The highest BCUT2D eigenvalue weighted by molar-refractivity contribution is 5.69. The maximum absolute atomic E-state index is 11.6. The molecule has 2 nitrogen and oxygen atoms in total. The molecule has 0 radical (unpaired) electrons. The molecule has 0 bridgehead atoms. The Bertz CT molecular complexity index is 339. The van der Waals surface area contributed by atoms with E-state index in [-0.39, 0.29) is 11.4 Å². The predicted molar refractivity (Wildman–Crippen MR) is 114 cm³/mol. The summed E-state index contributed by atoms with van der Waals surface area (Å²) in [5.74, 6) is -0.0214. The third-order valence-electron chi connectivity index (χ3n) is 4.76. The van der Waals surface area contributed by atoms with Gasteiger partial charge in [0.25, 0.3) is 0 Å². The number of carbonyl (C=O) groups excluding carboxylic acids is 1. The lowest BCUT2D eigenvalue weighted by Gasteiger charge is -2.17. The summed E-state index contributed by atoms with van der Waals surface area (Å²) in [6.45, 7) is 9.35. The molecule has 0 unspecified atom stereocenters. The van der Waals surface area contributed by atoms with Gasteiger partial charge in [-0.1, -0.05) is 91.2 Å². The summed E-state index contributed by atoms with van der Waals surface area (Å²) in [5.41, 5.74) is 0.239. The fourth-order valence-electron chi connectivity index (χ4n) is 2.88. The highest BCUT2D eigenvalue weighted by Gasteiger charge is 2.11. The Hall–Kier alpha value is -0.790. The Kier molecular flexibility index (Phi) is 17.1. The third kappa shape index (κ3) is 21.3. The zero-order chi connectivity index (χ0) is 19.5. The molecular formula is C24H46O2. The standard InChI is InChI=1S/C24H46O2/c1-5-6-7-8-9-10-11-12-13-14-15-16-17-18-19-20-23(25)26-22-21-24(2,3)4/h12-13H,5-11,14-22H2,1-4H3/b13-12-. The Balaban J connectivity index is 3.25. The first-order valence-corrected chi connectivity index (χ1v) is 11.3. The van der Waals surface area contributed by atoms with Gasteiger partial charge in [-0.15, -0.1) is 0 Å². The molecule has 0 amide bonds. The molecule has 0 aromatic heterocycles. The molecule has 0 fully saturated rings. The monoisotopic (exact) mass is 366 g/mol. The van der Waals surface area contributed by atoms with Crippen LogP contribution in [0.5, 0.6) is 0 Å². The second-order valence-corrected chi connectivity index (χ2v) is 8.87. The zero-order valence-corrected chi connectivity index (χ0v) is 18.3. The van der Waals surface area contributed by atoms with Gasteiger partial charge in [0.1, 0.15) is 0 Å². The topological polar surface area (TPSA) is 26.3 Å². The summed E-state index contributed by atoms with van der Waals surface area (Å²) < 4.78 is 5.29. The lowest BCUT2D eigenvalue weighted by Crippen LogP contribution is -2.12. The van der Waals surface area contributed by atoms with Crippen LogP contribution in [-0.4, -0.2) is 12.6 Å². The molecule has 0 aliphatic rings. The third-order valence-corrected chi connectivity index (χ3v) is 4.76. The Morgan fingerprint density at radius 3 is 1.81 bits per heavy atom. The quantitative estimate of drug-likeness (QED) is 0.148. The van der Waals surface area contributed by atoms with E-state index in [9.17, 15) is 4.79 Å². The number of carbonyl (C=O) groups is 1. The van der Waals surface area contributed by atoms with E-state index in [1.807, 2.05) is 0 Å². The van der Waals surface area contributed by atoms with Crippen molar-refractivity contribution in [2.75, 3.05) is 6.61 Å². The number of unbranched alkanes of at least 4 members (excludes halogenated alkanes) is 11. The summed E-state index contributed by atoms with van der Waals surface area (Å²) in [5, 5.41) is 0. The number of esters is 1. The van der Waals surface area contributed by atoms with Gasteiger partial charge in [0.2, 0.25) is 0 Å². The molecule has 0 rings (SSSR count). The van der Waals surface area contributed by atoms with Crippen molar-refractivity contribution in [1.29, 1.82) is 0 Å². The van der Waals surface area contributed by atoms with E-state index in [2.05, 4.69) is 39.8 Å². The lowest BCUT2D eigenvalue weighted by molar-refractivity contribution is -0.144. The van der Waals surface area contributed by atoms with E-state index >= 15 is 0 Å². The first-order valence-electron chi connectivity index (χ1n) is 11.3. The highest BCUT2D eigenvalue weighted by atomic mass is 16.5. The van der Waals surface area contributed by atoms with E-state index in [0.29, 0.717) is 13.0 Å². The first kappa shape index (κ1) is 25.2. The van der Waals surface area contributed by atoms with Crippen LogP contribution in [0.4, 0.5) is 0 Å². The molecule has 0 N–H and O–H groups in total. The van der Waals surface area contributed by atoms with Gasteiger partial charge in [0.05, 0.1) is 6.61 Å². The van der Waals surface area contributed by atoms with Crippen molar-refractivity contribution in [3.8, 4) is 0 Å². The van der Waals surface area contributed by atoms with Crippen molar-refractivity contribution in [1.82, 2.24) is 0 Å². The molecule has 0 aromatic rings. The predicted octanol–water partition coefficient (Wildman–Crippen LogP) is 8.00. The van der Waals surface area contributed by atoms with Crippen LogP contribution in [0.3, 0.4) is 0 Å². The molecule has 26 heavy (non-hydrogen) atoms. The molecule has 154 valence electrons. The van der Waals surface area contributed by atoms with Crippen LogP contribution in [0.1, 0.15) is 124 Å². The molecule has 0 spiro atoms. The number of hydrogen-bond donors (Lipinski definition) is 0. The average molecular weight is 367 g/mol. The molecule has 0 saturated heterocycles. The summed E-state index contributed by atoms with van der Waals surface area (Å²) in [6.07, 6.45) is 22.9. The van der Waals surface area contributed by atoms with E-state index in [1.54, 1.807) is 0 Å². The van der Waals surface area contributed by atoms with Crippen LogP contribution in [0.25, 0.3) is 0 Å². The van der Waals surface area contributed by atoms with Crippen molar-refractivity contribution in [3.05, 3.63) is 12.2 Å². The van der Waals surface area contributed by atoms with Gasteiger partial charge in [-0.05, 0) is 43.9 Å². The van der Waals surface area contributed by atoms with Gasteiger partial charge < -0.3 is 4.74 Å². The van der Waals surface area contributed by atoms with Crippen LogP contribution in [0.2, 0.25) is 0 Å². The molecule has 0 aliphatic heterocycles. The second-order valence-electron chi connectivity index (χ2n) is 8.87. The van der Waals surface area contributed by atoms with Crippen molar-refractivity contribution >= 4 is 5.97 Å². The summed E-state index contributed by atoms with van der Waals surface area (Å²) in [6, 6.07) is 0. The van der Waals surface area contributed by atoms with Crippen LogP contribution >= 0.6 is 0 Å². The van der Waals surface area contributed by atoms with Gasteiger partial charge >= 0.3 is 5.97 Å². The Morgan fingerprint density at radius 1 is 0.769 bits per heavy atom. The fourth-order valence-corrected chi connectivity index (χ4v) is 2.88. The average Bonchev–Trinajstić information content (AvgIpc) is 2.57. The normalized spacial score (nSPS) is 12.0. The summed E-state index contributed by atoms with van der Waals surface area (Å²) in [7, 11) is 0. The number of allylic oxidation sites excluding steroid dienone is 2. The molecule has 0 aliphatic carbocycles. The SMILES string of the molecule is CCCCCCCC/C=C\CCCCCCCC(=O)OCCC(C)(C)C. The van der Waals surface area contributed by atoms with Gasteiger partial charge in [-0.25, -0.2) is 0 Å². The number of hydrogen-bond acceptors (Lipinski definition) is 2. The molecule has 0 heterocycles. The van der Waals surface area contributed by atoms with E-state index in [0.717, 1.165) is 19.3 Å². The molecule has 2 heteroatoms. The minimum absolute atomic E-state index is 0.0214. The maximum atomic E-state index is 11.6. The number of ether oxygens (including phenoxy) is 1. The zero-order valence-electron chi connectivity index (χ0n) is 18.3. The smallest absolute Gasteiger partial charge is 0.305 e. The van der Waals surface area contributed by atoms with Gasteiger partial charge in [-0.3, -0.25) is 4.79 Å². The van der Waals surface area contributed by atoms with Crippen LogP contribution in [0.15, 0.2) is 12.2 Å². The summed E-state index contributed by atoms with van der Waals surface area (Å²) in [4.78, 5) is 11.6. The fraction of sp³-hybridized carbons (Fsp3) is 0.875. The Labute approximate surface area is 164 Å². The minimum Gasteiger partial charge on any atom is -0.466 e. The first-order chi connectivity index (χ1) is 12.5. The van der Waals surface area contributed by atoms with Crippen LogP contribution in [-0.2, 0) is 9.53 Å². The number of rotatable bonds is 17. The molecule has 0 aromatic carbocycles. The Morgan fingerprint density at radius 2 is 1.27 bits per heavy atom. The minimum atomic E-state index is -0.0214. The van der Waals surface area contributed by atoms with Crippen molar-refractivity contribution in [3.63, 3.8) is 0 Å². The van der Waals surface area contributed by atoms with Gasteiger partial charge in [0, 0.05) is 6.42 Å². The van der Waals surface area contributed by atoms with Crippen molar-refractivity contribution in [2.45, 2.75) is 124 Å². The van der Waals surface area contributed by atoms with E-state index in [4.69, 9.17) is 4.74 Å². The highest BCUT2D eigenvalue weighted by Crippen LogP contribution is 2.18. The molecular weight excluding hydrogens is 320 g/mol. The van der Waals surface area contributed by atoms with Crippen LogP contribution < -0.4 is 0 Å². The van der Waals surface area contributed by atoms with Crippen molar-refractivity contribution in [2.24, 2.45) is 5.41 Å². The van der Waals surface area contributed by atoms with E-state index < -0.39 is 0 Å². The van der Waals surface area contributed by atoms with Gasteiger partial charge in [-0.2, -0.15) is 0 Å². The van der Waals surface area contributed by atoms with Gasteiger partial charge in [0.15, 0.2) is 0 Å². The van der Waals surface area contributed by atoms with Crippen LogP contribution in [0, 0.1) is 5.41 Å². The second kappa shape index (κ2) is 17.6. The van der Waals surface area contributed by atoms with Crippen molar-refractivity contribution < 1.29 is 9.53 Å². The van der Waals surface area contributed by atoms with E-state index in [1.165, 1.54) is 70.6 Å². The maximum Gasteiger partial charge on any atom is 0.305 e. The summed E-state index contributed by atoms with van der Waals surface area (Å²) >= 11 is 0. The molecule has 0 saturated carbocycles. The largest absolute Gasteiger partial charge is 0.466 e. The molecule has 0 atom stereocenters. The lowest BCUT2D eigenvalue weighted by atomic mass is 9.93.